The molecular formula is C18H29N3. The largest absolute Gasteiger partial charge is 0.382 e. The number of nitrogens with one attached hydrogen (secondary N) is 1. The molecule has 1 fully saturated rings. The van der Waals surface area contributed by atoms with Crippen LogP contribution in [0.5, 0.6) is 0 Å². The molecule has 1 aromatic carbocycles. The molecule has 1 aliphatic heterocycles. The number of rotatable bonds is 4. The quantitative estimate of drug-likeness (QED) is 0.916. The van der Waals surface area contributed by atoms with Crippen LogP contribution in [-0.2, 0) is 6.42 Å². The molecular weight excluding hydrogens is 258 g/mol. The highest BCUT2D eigenvalue weighted by Gasteiger charge is 2.40. The van der Waals surface area contributed by atoms with Crippen molar-refractivity contribution >= 4 is 11.4 Å². The number of anilines is 2. The molecule has 1 atom stereocenters. The van der Waals surface area contributed by atoms with E-state index in [1.807, 2.05) is 0 Å². The Labute approximate surface area is 129 Å². The van der Waals surface area contributed by atoms with Crippen molar-refractivity contribution in [1.29, 1.82) is 0 Å². The molecule has 2 aliphatic rings. The topological polar surface area (TPSA) is 18.5 Å². The number of fused-ring (bicyclic) bond motifs is 1. The molecule has 1 heterocycles. The lowest BCUT2D eigenvalue weighted by Crippen LogP contribution is -2.56. The van der Waals surface area contributed by atoms with Gasteiger partial charge in [-0.15, -0.1) is 0 Å². The SMILES string of the molecule is CC1CCc2cc(N(C)CC3(N(C)C)CCC3)ccc2N1. The summed E-state index contributed by atoms with van der Waals surface area (Å²) in [7, 11) is 6.69. The standard InChI is InChI=1S/C18H29N3/c1-14-6-7-15-12-16(8-9-17(15)19-14)21(4)13-18(20(2)3)10-5-11-18/h8-9,12,14,19H,5-7,10-11,13H2,1-4H3. The second kappa shape index (κ2) is 5.53. The zero-order chi connectivity index (χ0) is 15.0. The van der Waals surface area contributed by atoms with Gasteiger partial charge in [-0.2, -0.15) is 0 Å². The Morgan fingerprint density at radius 1 is 1.24 bits per heavy atom. The van der Waals surface area contributed by atoms with E-state index in [0.717, 1.165) is 6.54 Å². The van der Waals surface area contributed by atoms with Crippen LogP contribution in [0.1, 0.15) is 38.2 Å². The number of hydrogen-bond donors (Lipinski definition) is 1. The summed E-state index contributed by atoms with van der Waals surface area (Å²) in [5, 5.41) is 3.59. The fourth-order valence-corrected chi connectivity index (χ4v) is 3.74. The maximum absolute atomic E-state index is 3.59. The molecule has 0 spiro atoms. The highest BCUT2D eigenvalue weighted by atomic mass is 15.2. The van der Waals surface area contributed by atoms with Crippen LogP contribution in [0.25, 0.3) is 0 Å². The maximum Gasteiger partial charge on any atom is 0.0378 e. The molecule has 3 rings (SSSR count). The van der Waals surface area contributed by atoms with E-state index < -0.39 is 0 Å². The van der Waals surface area contributed by atoms with Gasteiger partial charge in [0.25, 0.3) is 0 Å². The Balaban J connectivity index is 1.75. The third-order valence-corrected chi connectivity index (χ3v) is 5.54. The predicted octanol–water partition coefficient (Wildman–Crippen LogP) is 3.35. The van der Waals surface area contributed by atoms with Gasteiger partial charge in [0.2, 0.25) is 0 Å². The Hall–Kier alpha value is -1.22. The van der Waals surface area contributed by atoms with E-state index in [-0.39, 0.29) is 0 Å². The molecule has 0 radical (unpaired) electrons. The minimum Gasteiger partial charge on any atom is -0.382 e. The number of likely N-dealkylation sites (N-methyl/N-ethyl adjacent to an activating group) is 2. The summed E-state index contributed by atoms with van der Waals surface area (Å²) in [6, 6.07) is 7.52. The maximum atomic E-state index is 3.59. The molecule has 1 N–H and O–H groups in total. The van der Waals surface area contributed by atoms with Crippen LogP contribution in [-0.4, -0.2) is 44.2 Å². The van der Waals surface area contributed by atoms with Crippen LogP contribution in [0.3, 0.4) is 0 Å². The second-order valence-electron chi connectivity index (χ2n) is 7.25. The van der Waals surface area contributed by atoms with Gasteiger partial charge in [0.1, 0.15) is 0 Å². The van der Waals surface area contributed by atoms with Gasteiger partial charge < -0.3 is 15.1 Å². The van der Waals surface area contributed by atoms with Gasteiger partial charge in [-0.05, 0) is 76.9 Å². The molecule has 1 saturated carbocycles. The predicted molar refractivity (Wildman–Crippen MR) is 91.4 cm³/mol. The normalized spacial score (nSPS) is 23.2. The number of aryl methyl sites for hydroxylation is 1. The Morgan fingerprint density at radius 3 is 2.62 bits per heavy atom. The van der Waals surface area contributed by atoms with Gasteiger partial charge in [-0.1, -0.05) is 0 Å². The lowest BCUT2D eigenvalue weighted by atomic mass is 9.75. The smallest absolute Gasteiger partial charge is 0.0378 e. The minimum atomic E-state index is 0.386. The summed E-state index contributed by atoms with van der Waals surface area (Å²) in [5.74, 6) is 0. The lowest BCUT2D eigenvalue weighted by Gasteiger charge is -2.49. The Kier molecular flexibility index (Phi) is 3.87. The first-order valence-electron chi connectivity index (χ1n) is 8.28. The van der Waals surface area contributed by atoms with Crippen LogP contribution >= 0.6 is 0 Å². The van der Waals surface area contributed by atoms with Crippen LogP contribution in [0.15, 0.2) is 18.2 Å². The van der Waals surface area contributed by atoms with Crippen molar-refractivity contribution in [3.63, 3.8) is 0 Å². The fourth-order valence-electron chi connectivity index (χ4n) is 3.74. The van der Waals surface area contributed by atoms with Gasteiger partial charge in [0.15, 0.2) is 0 Å². The van der Waals surface area contributed by atoms with Crippen LogP contribution in [0, 0.1) is 0 Å². The first kappa shape index (κ1) is 14.7. The van der Waals surface area contributed by atoms with E-state index in [1.165, 1.54) is 49.0 Å². The average Bonchev–Trinajstić information content (AvgIpc) is 2.41. The monoisotopic (exact) mass is 287 g/mol. The minimum absolute atomic E-state index is 0.386. The van der Waals surface area contributed by atoms with Crippen molar-refractivity contribution in [2.75, 3.05) is 37.9 Å². The van der Waals surface area contributed by atoms with Gasteiger partial charge in [-0.3, -0.25) is 0 Å². The first-order chi connectivity index (χ1) is 10.00. The third kappa shape index (κ3) is 2.76. The number of hydrogen-bond acceptors (Lipinski definition) is 3. The number of nitrogens with zero attached hydrogens (tertiary/aromatic N) is 2. The van der Waals surface area contributed by atoms with Crippen molar-refractivity contribution in [3.05, 3.63) is 23.8 Å². The van der Waals surface area contributed by atoms with Crippen LogP contribution in [0.4, 0.5) is 11.4 Å². The Bertz CT molecular complexity index is 505. The molecule has 0 amide bonds. The molecule has 1 aromatic rings. The molecule has 1 unspecified atom stereocenters. The zero-order valence-electron chi connectivity index (χ0n) is 13.9. The Morgan fingerprint density at radius 2 is 2.00 bits per heavy atom. The summed E-state index contributed by atoms with van der Waals surface area (Å²) >= 11 is 0. The highest BCUT2D eigenvalue weighted by Crippen LogP contribution is 2.38. The van der Waals surface area contributed by atoms with E-state index in [1.54, 1.807) is 0 Å². The molecule has 0 aromatic heterocycles. The van der Waals surface area contributed by atoms with E-state index in [9.17, 15) is 0 Å². The number of benzene rings is 1. The first-order valence-corrected chi connectivity index (χ1v) is 8.28. The molecule has 21 heavy (non-hydrogen) atoms. The van der Waals surface area contributed by atoms with Crippen molar-refractivity contribution in [1.82, 2.24) is 4.90 Å². The molecule has 0 saturated heterocycles. The van der Waals surface area contributed by atoms with Crippen molar-refractivity contribution in [2.24, 2.45) is 0 Å². The summed E-state index contributed by atoms with van der Waals surface area (Å²) in [4.78, 5) is 4.87. The van der Waals surface area contributed by atoms with E-state index in [0.29, 0.717) is 11.6 Å². The van der Waals surface area contributed by atoms with Crippen molar-refractivity contribution in [2.45, 2.75) is 50.6 Å². The van der Waals surface area contributed by atoms with Gasteiger partial charge in [0, 0.05) is 36.5 Å². The van der Waals surface area contributed by atoms with Crippen molar-refractivity contribution < 1.29 is 0 Å². The van der Waals surface area contributed by atoms with Crippen LogP contribution < -0.4 is 10.2 Å². The molecule has 116 valence electrons. The summed E-state index contributed by atoms with van der Waals surface area (Å²) in [5.41, 5.74) is 4.55. The highest BCUT2D eigenvalue weighted by molar-refractivity contribution is 5.62. The second-order valence-corrected chi connectivity index (χ2v) is 7.25. The van der Waals surface area contributed by atoms with Crippen molar-refractivity contribution in [3.8, 4) is 0 Å². The summed E-state index contributed by atoms with van der Waals surface area (Å²) < 4.78 is 0. The average molecular weight is 287 g/mol. The molecule has 1 aliphatic carbocycles. The fraction of sp³-hybridized carbons (Fsp3) is 0.667. The van der Waals surface area contributed by atoms with Gasteiger partial charge in [0.05, 0.1) is 0 Å². The molecule has 3 heteroatoms. The van der Waals surface area contributed by atoms with Crippen LogP contribution in [0.2, 0.25) is 0 Å². The van der Waals surface area contributed by atoms with E-state index in [4.69, 9.17) is 0 Å². The molecule has 3 nitrogen and oxygen atoms in total. The van der Waals surface area contributed by atoms with E-state index >= 15 is 0 Å². The molecule has 0 bridgehead atoms. The van der Waals surface area contributed by atoms with Gasteiger partial charge >= 0.3 is 0 Å². The van der Waals surface area contributed by atoms with Gasteiger partial charge in [-0.25, -0.2) is 0 Å². The van der Waals surface area contributed by atoms with E-state index in [2.05, 4.69) is 61.4 Å². The summed E-state index contributed by atoms with van der Waals surface area (Å²) in [6.07, 6.45) is 6.46. The third-order valence-electron chi connectivity index (χ3n) is 5.54. The summed E-state index contributed by atoms with van der Waals surface area (Å²) in [6.45, 7) is 3.39. The zero-order valence-corrected chi connectivity index (χ0v) is 13.9. The lowest BCUT2D eigenvalue weighted by molar-refractivity contribution is 0.0683.